The van der Waals surface area contributed by atoms with Crippen LogP contribution in [0.5, 0.6) is 17.2 Å². The quantitative estimate of drug-likeness (QED) is 0.209. The van der Waals surface area contributed by atoms with Crippen molar-refractivity contribution in [2.75, 3.05) is 34.0 Å². The Morgan fingerprint density at radius 1 is 1.00 bits per heavy atom. The molecule has 0 unspecified atom stereocenters. The Hall–Kier alpha value is -3.82. The normalized spacial score (nSPS) is 11.6. The number of nitrogens with two attached hydrogens (primary N) is 1. The third kappa shape index (κ3) is 7.61. The SMILES string of the molecule is COc1cc(C(=O)C[C@@H](CCCCN)C(=O)c2ccc(OC)c(-c3ccc(F)c(C)c3)n2)ccc1OCCO. The number of Topliss-reactive ketones (excluding diaryl/α,β-unsaturated/α-hetero) is 2. The summed E-state index contributed by atoms with van der Waals surface area (Å²) in [5.41, 5.74) is 7.73. The van der Waals surface area contributed by atoms with Crippen LogP contribution in [0.15, 0.2) is 48.5 Å². The summed E-state index contributed by atoms with van der Waals surface area (Å²) in [6, 6.07) is 12.6. The van der Waals surface area contributed by atoms with Gasteiger partial charge in [-0.15, -0.1) is 0 Å². The second kappa shape index (κ2) is 14.4. The predicted molar refractivity (Wildman–Crippen MR) is 146 cm³/mol. The Bertz CT molecular complexity index is 1300. The van der Waals surface area contributed by atoms with Crippen LogP contribution in [0.4, 0.5) is 4.39 Å². The van der Waals surface area contributed by atoms with E-state index in [9.17, 15) is 14.0 Å². The van der Waals surface area contributed by atoms with Gasteiger partial charge in [-0.1, -0.05) is 6.42 Å². The number of hydrogen-bond donors (Lipinski definition) is 2. The topological polar surface area (TPSA) is 121 Å². The average molecular weight is 539 g/mol. The summed E-state index contributed by atoms with van der Waals surface area (Å²) >= 11 is 0. The number of ether oxygens (including phenoxy) is 3. The lowest BCUT2D eigenvalue weighted by molar-refractivity contribution is 0.0840. The number of aliphatic hydroxyl groups excluding tert-OH is 1. The van der Waals surface area contributed by atoms with E-state index in [1.807, 2.05) is 0 Å². The van der Waals surface area contributed by atoms with Crippen LogP contribution in [0.3, 0.4) is 0 Å². The maximum atomic E-state index is 13.9. The van der Waals surface area contributed by atoms with E-state index in [1.165, 1.54) is 20.3 Å². The largest absolute Gasteiger partial charge is 0.494 e. The standard InChI is InChI=1S/C30H35FN2O6/c1-19-16-21(7-9-23(19)31)29-27(37-2)12-10-24(33-29)30(36)22(6-4-5-13-32)17-25(35)20-8-11-26(39-15-14-34)28(18-20)38-3/h7-12,16,18,22,34H,4-6,13-15,17,32H2,1-3H3/t22-/m1/s1. The molecule has 0 bridgehead atoms. The molecule has 39 heavy (non-hydrogen) atoms. The molecule has 208 valence electrons. The van der Waals surface area contributed by atoms with Crippen LogP contribution in [0.2, 0.25) is 0 Å². The summed E-state index contributed by atoms with van der Waals surface area (Å²) in [6.07, 6.45) is 1.84. The Kier molecular flexibility index (Phi) is 11.0. The first-order valence-electron chi connectivity index (χ1n) is 12.8. The second-order valence-corrected chi connectivity index (χ2v) is 9.12. The van der Waals surface area contributed by atoms with Gasteiger partial charge in [-0.25, -0.2) is 9.37 Å². The molecule has 3 N–H and O–H groups in total. The molecule has 0 aliphatic heterocycles. The van der Waals surface area contributed by atoms with Crippen LogP contribution in [-0.2, 0) is 0 Å². The monoisotopic (exact) mass is 538 g/mol. The first-order valence-corrected chi connectivity index (χ1v) is 12.8. The van der Waals surface area contributed by atoms with E-state index in [4.69, 9.17) is 25.1 Å². The third-order valence-electron chi connectivity index (χ3n) is 6.41. The Labute approximate surface area is 227 Å². The number of aromatic nitrogens is 1. The second-order valence-electron chi connectivity index (χ2n) is 9.12. The number of benzene rings is 2. The van der Waals surface area contributed by atoms with E-state index < -0.39 is 5.92 Å². The Morgan fingerprint density at radius 2 is 1.74 bits per heavy atom. The minimum Gasteiger partial charge on any atom is -0.494 e. The number of hydrogen-bond acceptors (Lipinski definition) is 8. The number of aryl methyl sites for hydroxylation is 1. The van der Waals surface area contributed by atoms with Crippen molar-refractivity contribution in [3.05, 3.63) is 71.2 Å². The van der Waals surface area contributed by atoms with Crippen LogP contribution >= 0.6 is 0 Å². The highest BCUT2D eigenvalue weighted by Gasteiger charge is 2.26. The molecule has 2 aromatic carbocycles. The lowest BCUT2D eigenvalue weighted by Crippen LogP contribution is -2.21. The molecule has 1 heterocycles. The van der Waals surface area contributed by atoms with Gasteiger partial charge in [0.2, 0.25) is 0 Å². The molecular weight excluding hydrogens is 503 g/mol. The Morgan fingerprint density at radius 3 is 2.41 bits per heavy atom. The van der Waals surface area contributed by atoms with Crippen LogP contribution < -0.4 is 19.9 Å². The van der Waals surface area contributed by atoms with E-state index in [0.717, 1.165) is 6.42 Å². The van der Waals surface area contributed by atoms with Crippen LogP contribution in [0.25, 0.3) is 11.3 Å². The minimum atomic E-state index is -0.621. The van der Waals surface area contributed by atoms with Crippen molar-refractivity contribution in [1.29, 1.82) is 0 Å². The highest BCUT2D eigenvalue weighted by molar-refractivity contribution is 6.03. The molecule has 3 aromatic rings. The van der Waals surface area contributed by atoms with Gasteiger partial charge in [0.05, 0.1) is 20.8 Å². The number of unbranched alkanes of at least 4 members (excludes halogenated alkanes) is 1. The van der Waals surface area contributed by atoms with Gasteiger partial charge in [-0.2, -0.15) is 0 Å². The number of nitrogens with zero attached hydrogens (tertiary/aromatic N) is 1. The molecule has 0 aliphatic carbocycles. The molecule has 8 nitrogen and oxygen atoms in total. The number of halogens is 1. The van der Waals surface area contributed by atoms with Gasteiger partial charge in [-0.05, 0) is 80.4 Å². The molecule has 0 aliphatic rings. The van der Waals surface area contributed by atoms with Crippen molar-refractivity contribution in [1.82, 2.24) is 4.98 Å². The molecule has 3 rings (SSSR count). The van der Waals surface area contributed by atoms with Gasteiger partial charge in [0.1, 0.15) is 29.6 Å². The minimum absolute atomic E-state index is 0.0257. The predicted octanol–water partition coefficient (Wildman–Crippen LogP) is 4.79. The lowest BCUT2D eigenvalue weighted by Gasteiger charge is -2.17. The van der Waals surface area contributed by atoms with Crippen molar-refractivity contribution in [3.8, 4) is 28.5 Å². The van der Waals surface area contributed by atoms with Crippen LogP contribution in [0.1, 0.15) is 52.1 Å². The van der Waals surface area contributed by atoms with E-state index >= 15 is 0 Å². The smallest absolute Gasteiger partial charge is 0.184 e. The molecule has 0 radical (unpaired) electrons. The summed E-state index contributed by atoms with van der Waals surface area (Å²) in [5.74, 6) is -0.240. The molecule has 0 saturated carbocycles. The van der Waals surface area contributed by atoms with Crippen molar-refractivity contribution in [3.63, 3.8) is 0 Å². The van der Waals surface area contributed by atoms with Gasteiger partial charge in [0, 0.05) is 23.5 Å². The molecule has 9 heteroatoms. The van der Waals surface area contributed by atoms with E-state index in [1.54, 1.807) is 49.4 Å². The zero-order chi connectivity index (χ0) is 28.4. The van der Waals surface area contributed by atoms with Crippen molar-refractivity contribution >= 4 is 11.6 Å². The number of carbonyl (C=O) groups excluding carboxylic acids is 2. The van der Waals surface area contributed by atoms with Crippen LogP contribution in [0, 0.1) is 18.7 Å². The van der Waals surface area contributed by atoms with E-state index in [2.05, 4.69) is 4.98 Å². The number of carbonyl (C=O) groups is 2. The zero-order valence-electron chi connectivity index (χ0n) is 22.5. The number of methoxy groups -OCH3 is 2. The molecule has 0 spiro atoms. The molecule has 0 amide bonds. The van der Waals surface area contributed by atoms with Gasteiger partial charge in [0.25, 0.3) is 0 Å². The summed E-state index contributed by atoms with van der Waals surface area (Å²) < 4.78 is 30.1. The fourth-order valence-electron chi connectivity index (χ4n) is 4.27. The van der Waals surface area contributed by atoms with Gasteiger partial charge >= 0.3 is 0 Å². The first kappa shape index (κ1) is 29.7. The fourth-order valence-corrected chi connectivity index (χ4v) is 4.27. The average Bonchev–Trinajstić information content (AvgIpc) is 2.96. The van der Waals surface area contributed by atoms with Crippen LogP contribution in [-0.4, -0.2) is 55.6 Å². The van der Waals surface area contributed by atoms with Crippen molar-refractivity contribution < 1.29 is 33.3 Å². The summed E-state index contributed by atoms with van der Waals surface area (Å²) in [6.45, 7) is 2.07. The molecular formula is C30H35FN2O6. The van der Waals surface area contributed by atoms with E-state index in [0.29, 0.717) is 59.0 Å². The molecule has 0 saturated heterocycles. The maximum absolute atomic E-state index is 13.9. The number of ketones is 2. The lowest BCUT2D eigenvalue weighted by atomic mass is 9.88. The summed E-state index contributed by atoms with van der Waals surface area (Å²) in [5, 5.41) is 9.02. The Balaban J connectivity index is 1.90. The molecule has 0 fully saturated rings. The van der Waals surface area contributed by atoms with E-state index in [-0.39, 0.29) is 42.7 Å². The van der Waals surface area contributed by atoms with Gasteiger partial charge in [-0.3, -0.25) is 9.59 Å². The zero-order valence-corrected chi connectivity index (χ0v) is 22.5. The van der Waals surface area contributed by atoms with Crippen molar-refractivity contribution in [2.45, 2.75) is 32.6 Å². The van der Waals surface area contributed by atoms with Gasteiger partial charge < -0.3 is 25.1 Å². The highest BCUT2D eigenvalue weighted by Crippen LogP contribution is 2.32. The number of pyridine rings is 1. The first-order chi connectivity index (χ1) is 18.8. The fraction of sp³-hybridized carbons (Fsp3) is 0.367. The third-order valence-corrected chi connectivity index (χ3v) is 6.41. The summed E-state index contributed by atoms with van der Waals surface area (Å²) in [7, 11) is 2.96. The summed E-state index contributed by atoms with van der Waals surface area (Å²) in [4.78, 5) is 31.6. The maximum Gasteiger partial charge on any atom is 0.184 e. The number of rotatable bonds is 15. The molecule has 1 aromatic heterocycles. The van der Waals surface area contributed by atoms with Crippen molar-refractivity contribution in [2.24, 2.45) is 11.7 Å². The van der Waals surface area contributed by atoms with Gasteiger partial charge in [0.15, 0.2) is 23.1 Å². The highest BCUT2D eigenvalue weighted by atomic mass is 19.1. The number of aliphatic hydroxyl groups is 1. The molecule has 1 atom stereocenters.